The van der Waals surface area contributed by atoms with Gasteiger partial charge >= 0.3 is 0 Å². The summed E-state index contributed by atoms with van der Waals surface area (Å²) in [7, 11) is 1.82. The minimum absolute atomic E-state index is 0.284. The molecule has 0 saturated carbocycles. The highest BCUT2D eigenvalue weighted by atomic mass is 15.2. The summed E-state index contributed by atoms with van der Waals surface area (Å²) in [5.41, 5.74) is 0.284. The molecule has 1 heterocycles. The molecular formula is C16H30N4. The van der Waals surface area contributed by atoms with Gasteiger partial charge in [-0.15, -0.1) is 0 Å². The first-order chi connectivity index (χ1) is 9.43. The van der Waals surface area contributed by atoms with Gasteiger partial charge in [0.15, 0.2) is 5.96 Å². The Bertz CT molecular complexity index is 391. The van der Waals surface area contributed by atoms with E-state index in [-0.39, 0.29) is 5.41 Å². The Morgan fingerprint density at radius 2 is 1.85 bits per heavy atom. The van der Waals surface area contributed by atoms with Crippen LogP contribution in [0.2, 0.25) is 0 Å². The number of guanidine groups is 1. The quantitative estimate of drug-likeness (QED) is 0.595. The standard InChI is InChI=1S/C16H30N4/c1-14(2)12-16(3,4)13-19-15(17-5)18-8-11-20-9-6-7-10-20/h6-7,9-10,14H,8,11-13H2,1-5H3,(H2,17,18,19). The Morgan fingerprint density at radius 1 is 1.20 bits per heavy atom. The molecule has 0 amide bonds. The fraction of sp³-hybridized carbons (Fsp3) is 0.688. The van der Waals surface area contributed by atoms with E-state index in [4.69, 9.17) is 0 Å². The molecule has 0 aliphatic carbocycles. The van der Waals surface area contributed by atoms with Crippen LogP contribution >= 0.6 is 0 Å². The first-order valence-corrected chi connectivity index (χ1v) is 7.48. The molecule has 1 aromatic heterocycles. The minimum Gasteiger partial charge on any atom is -0.356 e. The van der Waals surface area contributed by atoms with Crippen LogP contribution in [0.5, 0.6) is 0 Å². The Hall–Kier alpha value is -1.45. The van der Waals surface area contributed by atoms with Crippen molar-refractivity contribution >= 4 is 5.96 Å². The number of aromatic nitrogens is 1. The maximum Gasteiger partial charge on any atom is 0.191 e. The molecule has 20 heavy (non-hydrogen) atoms. The summed E-state index contributed by atoms with van der Waals surface area (Å²) in [4.78, 5) is 4.27. The van der Waals surface area contributed by atoms with Crippen molar-refractivity contribution in [3.05, 3.63) is 24.5 Å². The molecule has 0 aliphatic heterocycles. The van der Waals surface area contributed by atoms with Crippen LogP contribution in [0.4, 0.5) is 0 Å². The summed E-state index contributed by atoms with van der Waals surface area (Å²) in [6, 6.07) is 4.09. The van der Waals surface area contributed by atoms with Crippen LogP contribution in [0.3, 0.4) is 0 Å². The molecule has 0 bridgehead atoms. The van der Waals surface area contributed by atoms with Crippen molar-refractivity contribution in [3.63, 3.8) is 0 Å². The summed E-state index contributed by atoms with van der Waals surface area (Å²) in [5.74, 6) is 1.60. The van der Waals surface area contributed by atoms with Gasteiger partial charge in [-0.2, -0.15) is 0 Å². The van der Waals surface area contributed by atoms with Gasteiger partial charge in [-0.1, -0.05) is 27.7 Å². The van der Waals surface area contributed by atoms with E-state index in [1.165, 1.54) is 6.42 Å². The zero-order valence-corrected chi connectivity index (χ0v) is 13.6. The van der Waals surface area contributed by atoms with Gasteiger partial charge in [0.25, 0.3) is 0 Å². The lowest BCUT2D eigenvalue weighted by molar-refractivity contribution is 0.286. The molecule has 0 fully saturated rings. The first kappa shape index (κ1) is 16.6. The van der Waals surface area contributed by atoms with Crippen LogP contribution in [0, 0.1) is 11.3 Å². The van der Waals surface area contributed by atoms with Gasteiger partial charge in [0.05, 0.1) is 0 Å². The Labute approximate surface area is 123 Å². The van der Waals surface area contributed by atoms with E-state index in [1.54, 1.807) is 0 Å². The van der Waals surface area contributed by atoms with Crippen LogP contribution < -0.4 is 10.6 Å². The summed E-state index contributed by atoms with van der Waals surface area (Å²) in [6.45, 7) is 11.9. The molecule has 0 aromatic carbocycles. The van der Waals surface area contributed by atoms with Gasteiger partial charge in [0.1, 0.15) is 0 Å². The molecule has 4 heteroatoms. The van der Waals surface area contributed by atoms with Gasteiger partial charge < -0.3 is 15.2 Å². The van der Waals surface area contributed by atoms with Gasteiger partial charge in [-0.3, -0.25) is 4.99 Å². The summed E-state index contributed by atoms with van der Waals surface area (Å²) in [5, 5.41) is 6.78. The van der Waals surface area contributed by atoms with E-state index in [0.29, 0.717) is 0 Å². The fourth-order valence-electron chi connectivity index (χ4n) is 2.54. The van der Waals surface area contributed by atoms with E-state index >= 15 is 0 Å². The van der Waals surface area contributed by atoms with E-state index < -0.39 is 0 Å². The summed E-state index contributed by atoms with van der Waals surface area (Å²) in [6.07, 6.45) is 5.35. The maximum atomic E-state index is 4.27. The molecule has 0 spiro atoms. The van der Waals surface area contributed by atoms with Gasteiger partial charge in [-0.05, 0) is 29.9 Å². The lowest BCUT2D eigenvalue weighted by Crippen LogP contribution is -2.43. The summed E-state index contributed by atoms with van der Waals surface area (Å²) < 4.78 is 2.16. The normalized spacial score (nSPS) is 12.8. The first-order valence-electron chi connectivity index (χ1n) is 7.48. The predicted molar refractivity (Wildman–Crippen MR) is 87.0 cm³/mol. The molecule has 2 N–H and O–H groups in total. The van der Waals surface area contributed by atoms with Crippen molar-refractivity contribution < 1.29 is 0 Å². The molecule has 1 rings (SSSR count). The van der Waals surface area contributed by atoms with E-state index in [9.17, 15) is 0 Å². The Balaban J connectivity index is 2.29. The van der Waals surface area contributed by atoms with E-state index in [0.717, 1.165) is 31.5 Å². The number of hydrogen-bond donors (Lipinski definition) is 2. The Kier molecular flexibility index (Phi) is 6.62. The van der Waals surface area contributed by atoms with Gasteiger partial charge in [0, 0.05) is 39.1 Å². The third kappa shape index (κ3) is 6.64. The van der Waals surface area contributed by atoms with Crippen LogP contribution in [0.15, 0.2) is 29.5 Å². The average Bonchev–Trinajstić information content (AvgIpc) is 2.85. The topological polar surface area (TPSA) is 41.4 Å². The third-order valence-corrected chi connectivity index (χ3v) is 3.25. The highest BCUT2D eigenvalue weighted by Crippen LogP contribution is 2.23. The monoisotopic (exact) mass is 278 g/mol. The molecule has 0 saturated heterocycles. The highest BCUT2D eigenvalue weighted by Gasteiger charge is 2.19. The number of nitrogens with zero attached hydrogens (tertiary/aromatic N) is 2. The zero-order valence-electron chi connectivity index (χ0n) is 13.6. The average molecular weight is 278 g/mol. The largest absolute Gasteiger partial charge is 0.356 e. The second-order valence-corrected chi connectivity index (χ2v) is 6.54. The zero-order chi connectivity index (χ0) is 15.0. The number of hydrogen-bond acceptors (Lipinski definition) is 1. The molecule has 1 aromatic rings. The molecular weight excluding hydrogens is 248 g/mol. The van der Waals surface area contributed by atoms with E-state index in [1.807, 2.05) is 19.2 Å². The van der Waals surface area contributed by atoms with Crippen LogP contribution in [-0.2, 0) is 6.54 Å². The van der Waals surface area contributed by atoms with Gasteiger partial charge in [0.2, 0.25) is 0 Å². The molecule has 0 aliphatic rings. The van der Waals surface area contributed by atoms with Gasteiger partial charge in [-0.25, -0.2) is 0 Å². The van der Waals surface area contributed by atoms with Crippen molar-refractivity contribution in [2.24, 2.45) is 16.3 Å². The Morgan fingerprint density at radius 3 is 2.40 bits per heavy atom. The van der Waals surface area contributed by atoms with Crippen molar-refractivity contribution in [1.29, 1.82) is 0 Å². The second-order valence-electron chi connectivity index (χ2n) is 6.54. The molecule has 114 valence electrons. The summed E-state index contributed by atoms with van der Waals surface area (Å²) >= 11 is 0. The number of nitrogens with one attached hydrogen (secondary N) is 2. The molecule has 0 radical (unpaired) electrons. The second kappa shape index (κ2) is 7.98. The van der Waals surface area contributed by atoms with Crippen molar-refractivity contribution in [3.8, 4) is 0 Å². The SMILES string of the molecule is CN=C(NCCn1cccc1)NCC(C)(C)CC(C)C. The fourth-order valence-corrected chi connectivity index (χ4v) is 2.54. The molecule has 0 atom stereocenters. The highest BCUT2D eigenvalue weighted by molar-refractivity contribution is 5.79. The van der Waals surface area contributed by atoms with Crippen LogP contribution in [-0.4, -0.2) is 30.7 Å². The van der Waals surface area contributed by atoms with Crippen LogP contribution in [0.1, 0.15) is 34.1 Å². The number of rotatable bonds is 7. The third-order valence-electron chi connectivity index (χ3n) is 3.25. The smallest absolute Gasteiger partial charge is 0.191 e. The molecule has 4 nitrogen and oxygen atoms in total. The maximum absolute atomic E-state index is 4.27. The van der Waals surface area contributed by atoms with Crippen molar-refractivity contribution in [2.45, 2.75) is 40.7 Å². The number of aliphatic imine (C=N–C) groups is 1. The van der Waals surface area contributed by atoms with Crippen LogP contribution in [0.25, 0.3) is 0 Å². The van der Waals surface area contributed by atoms with Crippen molar-refractivity contribution in [1.82, 2.24) is 15.2 Å². The lowest BCUT2D eigenvalue weighted by Gasteiger charge is -2.28. The predicted octanol–water partition coefficient (Wildman–Crippen LogP) is 2.73. The van der Waals surface area contributed by atoms with E-state index in [2.05, 4.69) is 60.3 Å². The molecule has 0 unspecified atom stereocenters. The lowest BCUT2D eigenvalue weighted by atomic mass is 9.84. The minimum atomic E-state index is 0.284. The van der Waals surface area contributed by atoms with Crippen molar-refractivity contribution in [2.75, 3.05) is 20.1 Å².